The van der Waals surface area contributed by atoms with Gasteiger partial charge in [0, 0.05) is 17.7 Å². The van der Waals surface area contributed by atoms with Crippen molar-refractivity contribution in [3.63, 3.8) is 0 Å². The maximum Gasteiger partial charge on any atom is 0.338 e. The third-order valence-corrected chi connectivity index (χ3v) is 4.65. The number of phenolic OH excluding ortho intramolecular Hbond substituents is 1. The van der Waals surface area contributed by atoms with Crippen molar-refractivity contribution < 1.29 is 33.6 Å². The molecular formula is C22H21N3O7. The van der Waals surface area contributed by atoms with Gasteiger partial charge < -0.3 is 24.1 Å². The summed E-state index contributed by atoms with van der Waals surface area (Å²) in [6, 6.07) is 7.83. The summed E-state index contributed by atoms with van der Waals surface area (Å²) in [5, 5.41) is 19.0. The SMILES string of the molecule is C=C(C)C(=O)OCCCCOC(=O)c1ccc2nn(-c3cc4c(cc3O)OCO4)nc2c1. The number of rotatable bonds is 8. The molecular weight excluding hydrogens is 418 g/mol. The summed E-state index contributed by atoms with van der Waals surface area (Å²) < 4.78 is 20.8. The highest BCUT2D eigenvalue weighted by molar-refractivity contribution is 5.93. The molecule has 1 aliphatic heterocycles. The maximum absolute atomic E-state index is 12.3. The number of nitrogens with zero attached hydrogens (tertiary/aromatic N) is 3. The Balaban J connectivity index is 1.37. The van der Waals surface area contributed by atoms with Gasteiger partial charge in [-0.15, -0.1) is 15.0 Å². The van der Waals surface area contributed by atoms with Crippen LogP contribution in [0.5, 0.6) is 17.2 Å². The fraction of sp³-hybridized carbons (Fsp3) is 0.273. The minimum Gasteiger partial charge on any atom is -0.505 e. The molecule has 166 valence electrons. The molecule has 1 aromatic heterocycles. The molecule has 32 heavy (non-hydrogen) atoms. The summed E-state index contributed by atoms with van der Waals surface area (Å²) in [4.78, 5) is 24.9. The molecule has 0 radical (unpaired) electrons. The van der Waals surface area contributed by atoms with Crippen LogP contribution in [0.15, 0.2) is 42.5 Å². The number of carbonyl (C=O) groups is 2. The minimum absolute atomic E-state index is 0.0666. The molecule has 4 rings (SSSR count). The minimum atomic E-state index is -0.494. The molecule has 0 saturated heterocycles. The van der Waals surface area contributed by atoms with Crippen molar-refractivity contribution in [1.82, 2.24) is 15.0 Å². The van der Waals surface area contributed by atoms with Gasteiger partial charge in [0.15, 0.2) is 11.5 Å². The van der Waals surface area contributed by atoms with Gasteiger partial charge >= 0.3 is 11.9 Å². The molecule has 0 amide bonds. The first-order valence-corrected chi connectivity index (χ1v) is 9.92. The number of aromatic hydroxyl groups is 1. The summed E-state index contributed by atoms with van der Waals surface area (Å²) in [6.07, 6.45) is 1.12. The number of hydrogen-bond acceptors (Lipinski definition) is 9. The van der Waals surface area contributed by atoms with Gasteiger partial charge in [-0.25, -0.2) is 9.59 Å². The number of ether oxygens (including phenoxy) is 4. The Kier molecular flexibility index (Phi) is 5.93. The Morgan fingerprint density at radius 2 is 1.75 bits per heavy atom. The van der Waals surface area contributed by atoms with E-state index in [0.29, 0.717) is 52.2 Å². The zero-order valence-electron chi connectivity index (χ0n) is 17.4. The fourth-order valence-electron chi connectivity index (χ4n) is 2.97. The normalized spacial score (nSPS) is 12.0. The lowest BCUT2D eigenvalue weighted by molar-refractivity contribution is -0.139. The van der Waals surface area contributed by atoms with E-state index in [1.165, 1.54) is 10.9 Å². The highest BCUT2D eigenvalue weighted by Crippen LogP contribution is 2.39. The van der Waals surface area contributed by atoms with Gasteiger partial charge in [0.1, 0.15) is 22.5 Å². The molecule has 1 N–H and O–H groups in total. The van der Waals surface area contributed by atoms with E-state index < -0.39 is 11.9 Å². The third-order valence-electron chi connectivity index (χ3n) is 4.65. The average Bonchev–Trinajstić information content (AvgIpc) is 3.40. The lowest BCUT2D eigenvalue weighted by Crippen LogP contribution is -2.09. The number of benzene rings is 2. The largest absolute Gasteiger partial charge is 0.505 e. The Morgan fingerprint density at radius 1 is 1.06 bits per heavy atom. The lowest BCUT2D eigenvalue weighted by Gasteiger charge is -2.06. The summed E-state index contributed by atoms with van der Waals surface area (Å²) >= 11 is 0. The quantitative estimate of drug-likeness (QED) is 0.321. The molecule has 2 aromatic carbocycles. The molecule has 3 aromatic rings. The van der Waals surface area contributed by atoms with Crippen molar-refractivity contribution in [2.45, 2.75) is 19.8 Å². The van der Waals surface area contributed by atoms with Crippen LogP contribution in [-0.4, -0.2) is 52.0 Å². The molecule has 2 heterocycles. The number of hydrogen-bond donors (Lipinski definition) is 1. The summed E-state index contributed by atoms with van der Waals surface area (Å²) in [7, 11) is 0. The highest BCUT2D eigenvalue weighted by Gasteiger charge is 2.20. The Bertz CT molecular complexity index is 1200. The number of fused-ring (bicyclic) bond motifs is 2. The molecule has 0 unspecified atom stereocenters. The van der Waals surface area contributed by atoms with E-state index in [4.69, 9.17) is 18.9 Å². The van der Waals surface area contributed by atoms with Crippen LogP contribution in [0.25, 0.3) is 16.7 Å². The second kappa shape index (κ2) is 8.96. The number of aromatic nitrogens is 3. The van der Waals surface area contributed by atoms with Gasteiger partial charge in [-0.2, -0.15) is 0 Å². The van der Waals surface area contributed by atoms with Crippen LogP contribution in [0.4, 0.5) is 0 Å². The monoisotopic (exact) mass is 439 g/mol. The second-order valence-electron chi connectivity index (χ2n) is 7.15. The first-order chi connectivity index (χ1) is 15.4. The molecule has 0 atom stereocenters. The Hall–Kier alpha value is -4.08. The molecule has 0 bridgehead atoms. The smallest absolute Gasteiger partial charge is 0.338 e. The predicted molar refractivity (Wildman–Crippen MR) is 112 cm³/mol. The van der Waals surface area contributed by atoms with Crippen LogP contribution in [0, 0.1) is 0 Å². The molecule has 0 spiro atoms. The van der Waals surface area contributed by atoms with Crippen LogP contribution in [0.2, 0.25) is 0 Å². The van der Waals surface area contributed by atoms with Crippen molar-refractivity contribution in [2.75, 3.05) is 20.0 Å². The van der Waals surface area contributed by atoms with Gasteiger partial charge in [-0.3, -0.25) is 0 Å². The summed E-state index contributed by atoms with van der Waals surface area (Å²) in [5.41, 5.74) is 1.99. The van der Waals surface area contributed by atoms with Crippen LogP contribution in [0.3, 0.4) is 0 Å². The van der Waals surface area contributed by atoms with Crippen molar-refractivity contribution in [2.24, 2.45) is 0 Å². The van der Waals surface area contributed by atoms with Crippen molar-refractivity contribution >= 4 is 23.0 Å². The van der Waals surface area contributed by atoms with Crippen molar-refractivity contribution in [3.8, 4) is 22.9 Å². The third kappa shape index (κ3) is 4.48. The number of carbonyl (C=O) groups excluding carboxylic acids is 2. The standard InChI is InChI=1S/C22H21N3O7/c1-13(2)21(27)29-7-3-4-8-30-22(28)14-5-6-15-16(9-14)24-25(23-15)17-10-19-20(11-18(17)26)32-12-31-19/h5-6,9-11,26H,1,3-4,7-8,12H2,2H3. The van der Waals surface area contributed by atoms with Crippen LogP contribution >= 0.6 is 0 Å². The van der Waals surface area contributed by atoms with E-state index in [1.54, 1.807) is 31.2 Å². The first-order valence-electron chi connectivity index (χ1n) is 9.92. The van der Waals surface area contributed by atoms with Gasteiger partial charge in [-0.1, -0.05) is 6.58 Å². The number of unbranched alkanes of at least 4 members (excludes halogenated alkanes) is 1. The predicted octanol–water partition coefficient (Wildman–Crippen LogP) is 2.91. The Morgan fingerprint density at radius 3 is 2.50 bits per heavy atom. The van der Waals surface area contributed by atoms with E-state index in [2.05, 4.69) is 16.8 Å². The topological polar surface area (TPSA) is 122 Å². The van der Waals surface area contributed by atoms with Gasteiger partial charge in [0.05, 0.1) is 18.8 Å². The van der Waals surface area contributed by atoms with Crippen molar-refractivity contribution in [3.05, 3.63) is 48.0 Å². The molecule has 0 saturated carbocycles. The van der Waals surface area contributed by atoms with E-state index in [1.807, 2.05) is 0 Å². The van der Waals surface area contributed by atoms with Crippen LogP contribution < -0.4 is 9.47 Å². The number of phenols is 1. The molecule has 0 fully saturated rings. The zero-order chi connectivity index (χ0) is 22.7. The molecule has 10 nitrogen and oxygen atoms in total. The van der Waals surface area contributed by atoms with E-state index in [-0.39, 0.29) is 25.8 Å². The molecule has 10 heteroatoms. The molecule has 0 aliphatic carbocycles. The van der Waals surface area contributed by atoms with E-state index >= 15 is 0 Å². The second-order valence-corrected chi connectivity index (χ2v) is 7.15. The number of esters is 2. The average molecular weight is 439 g/mol. The highest BCUT2D eigenvalue weighted by atomic mass is 16.7. The maximum atomic E-state index is 12.3. The summed E-state index contributed by atoms with van der Waals surface area (Å²) in [6.45, 7) is 5.60. The Labute approximate surface area is 182 Å². The van der Waals surface area contributed by atoms with Crippen molar-refractivity contribution in [1.29, 1.82) is 0 Å². The van der Waals surface area contributed by atoms with Gasteiger partial charge in [0.2, 0.25) is 6.79 Å². The van der Waals surface area contributed by atoms with Crippen LogP contribution in [-0.2, 0) is 14.3 Å². The van der Waals surface area contributed by atoms with E-state index in [0.717, 1.165) is 0 Å². The first kappa shape index (κ1) is 21.2. The zero-order valence-corrected chi connectivity index (χ0v) is 17.4. The van der Waals surface area contributed by atoms with Gasteiger partial charge in [0.25, 0.3) is 0 Å². The van der Waals surface area contributed by atoms with Gasteiger partial charge in [-0.05, 0) is 38.0 Å². The van der Waals surface area contributed by atoms with Crippen LogP contribution in [0.1, 0.15) is 30.1 Å². The fourth-order valence-corrected chi connectivity index (χ4v) is 2.97. The van der Waals surface area contributed by atoms with E-state index in [9.17, 15) is 14.7 Å². The summed E-state index contributed by atoms with van der Waals surface area (Å²) in [5.74, 6) is -0.0633. The lowest BCUT2D eigenvalue weighted by atomic mass is 10.2. The molecule has 1 aliphatic rings.